The zero-order valence-electron chi connectivity index (χ0n) is 14.3. The number of benzene rings is 1. The van der Waals surface area contributed by atoms with Gasteiger partial charge < -0.3 is 10.2 Å². The summed E-state index contributed by atoms with van der Waals surface area (Å²) in [4.78, 5) is 14.4. The molecule has 0 aliphatic carbocycles. The van der Waals surface area contributed by atoms with Crippen LogP contribution in [0.25, 0.3) is 5.69 Å². The van der Waals surface area contributed by atoms with E-state index in [9.17, 15) is 9.18 Å². The second-order valence-corrected chi connectivity index (χ2v) is 6.38. The first-order chi connectivity index (χ1) is 11.5. The van der Waals surface area contributed by atoms with Crippen LogP contribution < -0.4 is 5.32 Å². The number of hydrogen-bond donors (Lipinski definition) is 1. The summed E-state index contributed by atoms with van der Waals surface area (Å²) in [5, 5.41) is 7.51. The Morgan fingerprint density at radius 3 is 2.75 bits per heavy atom. The monoisotopic (exact) mass is 330 g/mol. The molecule has 1 N–H and O–H groups in total. The second kappa shape index (κ2) is 6.73. The number of aromatic nitrogens is 2. The molecule has 0 saturated carbocycles. The number of carbonyl (C=O) groups excluding carboxylic acids is 1. The third-order valence-corrected chi connectivity index (χ3v) is 4.55. The molecule has 1 aliphatic rings. The summed E-state index contributed by atoms with van der Waals surface area (Å²) in [6.07, 6.45) is 2.02. The third kappa shape index (κ3) is 3.19. The summed E-state index contributed by atoms with van der Waals surface area (Å²) >= 11 is 0. The molecule has 6 heteroatoms. The standard InChI is InChI=1S/C18H23FN4O/c1-12-9-13(2)23(21-12)17-7-6-14(10-16(17)19)18(24)22-8-4-5-15(11-22)20-3/h6-7,9-10,15,20H,4-5,8,11H2,1-3H3/t15-/m1/s1. The predicted molar refractivity (Wildman–Crippen MR) is 91.0 cm³/mol. The van der Waals surface area contributed by atoms with Crippen LogP contribution in [0.15, 0.2) is 24.3 Å². The van der Waals surface area contributed by atoms with Crippen molar-refractivity contribution in [2.75, 3.05) is 20.1 Å². The van der Waals surface area contributed by atoms with Gasteiger partial charge in [-0.1, -0.05) is 0 Å². The Balaban J connectivity index is 1.84. The first kappa shape index (κ1) is 16.6. The average Bonchev–Trinajstić information content (AvgIpc) is 2.92. The SMILES string of the molecule is CN[C@@H]1CCCN(C(=O)c2ccc(-n3nc(C)cc3C)c(F)c2)C1. The lowest BCUT2D eigenvalue weighted by Gasteiger charge is -2.32. The van der Waals surface area contributed by atoms with Crippen LogP contribution in [0.3, 0.4) is 0 Å². The van der Waals surface area contributed by atoms with Gasteiger partial charge >= 0.3 is 0 Å². The van der Waals surface area contributed by atoms with Gasteiger partial charge in [-0.15, -0.1) is 0 Å². The summed E-state index contributed by atoms with van der Waals surface area (Å²) < 4.78 is 16.1. The van der Waals surface area contributed by atoms with Crippen LogP contribution in [0.5, 0.6) is 0 Å². The number of likely N-dealkylation sites (N-methyl/N-ethyl adjacent to an activating group) is 1. The van der Waals surface area contributed by atoms with Crippen LogP contribution in [0.2, 0.25) is 0 Å². The fraction of sp³-hybridized carbons (Fsp3) is 0.444. The maximum atomic E-state index is 14.6. The van der Waals surface area contributed by atoms with Crippen LogP contribution in [0.1, 0.15) is 34.6 Å². The Morgan fingerprint density at radius 2 is 2.12 bits per heavy atom. The van der Waals surface area contributed by atoms with E-state index in [2.05, 4.69) is 10.4 Å². The summed E-state index contributed by atoms with van der Waals surface area (Å²) in [5.74, 6) is -0.553. The maximum Gasteiger partial charge on any atom is 0.254 e. The smallest absolute Gasteiger partial charge is 0.254 e. The van der Waals surface area contributed by atoms with Crippen molar-refractivity contribution in [1.29, 1.82) is 0 Å². The molecule has 1 aromatic heterocycles. The Labute approximate surface area is 141 Å². The maximum absolute atomic E-state index is 14.6. The summed E-state index contributed by atoms with van der Waals surface area (Å²) in [6.45, 7) is 5.13. The van der Waals surface area contributed by atoms with E-state index >= 15 is 0 Å². The van der Waals surface area contributed by atoms with E-state index in [1.54, 1.807) is 21.7 Å². The first-order valence-corrected chi connectivity index (χ1v) is 8.29. The first-order valence-electron chi connectivity index (χ1n) is 8.29. The van der Waals surface area contributed by atoms with Crippen molar-refractivity contribution >= 4 is 5.91 Å². The number of nitrogens with one attached hydrogen (secondary N) is 1. The topological polar surface area (TPSA) is 50.2 Å². The molecule has 1 saturated heterocycles. The van der Waals surface area contributed by atoms with Gasteiger partial charge in [0.05, 0.1) is 5.69 Å². The molecule has 0 bridgehead atoms. The number of nitrogens with zero attached hydrogens (tertiary/aromatic N) is 3. The lowest BCUT2D eigenvalue weighted by molar-refractivity contribution is 0.0697. The molecule has 128 valence electrons. The summed E-state index contributed by atoms with van der Waals surface area (Å²) in [7, 11) is 1.90. The highest BCUT2D eigenvalue weighted by Gasteiger charge is 2.24. The molecule has 1 aromatic carbocycles. The molecule has 1 fully saturated rings. The van der Waals surface area contributed by atoms with Gasteiger partial charge in [-0.25, -0.2) is 9.07 Å². The van der Waals surface area contributed by atoms with Crippen molar-refractivity contribution in [3.63, 3.8) is 0 Å². The third-order valence-electron chi connectivity index (χ3n) is 4.55. The van der Waals surface area contributed by atoms with E-state index in [4.69, 9.17) is 0 Å². The number of amides is 1. The lowest BCUT2D eigenvalue weighted by Crippen LogP contribution is -2.47. The number of carbonyl (C=O) groups is 1. The predicted octanol–water partition coefficient (Wildman–Crippen LogP) is 2.45. The van der Waals surface area contributed by atoms with Gasteiger partial charge in [0, 0.05) is 30.4 Å². The number of halogens is 1. The van der Waals surface area contributed by atoms with E-state index in [1.165, 1.54) is 6.07 Å². The van der Waals surface area contributed by atoms with Crippen LogP contribution >= 0.6 is 0 Å². The van der Waals surface area contributed by atoms with E-state index in [1.807, 2.05) is 27.0 Å². The largest absolute Gasteiger partial charge is 0.337 e. The Kier molecular flexibility index (Phi) is 4.66. The molecule has 2 aromatic rings. The minimum atomic E-state index is -0.436. The van der Waals surface area contributed by atoms with Gasteiger partial charge in [0.15, 0.2) is 0 Å². The molecular formula is C18H23FN4O. The zero-order valence-corrected chi connectivity index (χ0v) is 14.3. The molecule has 1 aliphatic heterocycles. The van der Waals surface area contributed by atoms with Crippen molar-refractivity contribution in [3.05, 3.63) is 47.0 Å². The summed E-state index contributed by atoms with van der Waals surface area (Å²) in [6, 6.07) is 6.82. The van der Waals surface area contributed by atoms with Crippen LogP contribution in [-0.4, -0.2) is 46.8 Å². The quantitative estimate of drug-likeness (QED) is 0.940. The van der Waals surface area contributed by atoms with Crippen molar-refractivity contribution in [2.45, 2.75) is 32.7 Å². The zero-order chi connectivity index (χ0) is 17.3. The molecule has 0 radical (unpaired) electrons. The van der Waals surface area contributed by atoms with Crippen molar-refractivity contribution < 1.29 is 9.18 Å². The van der Waals surface area contributed by atoms with E-state index in [0.717, 1.165) is 30.8 Å². The molecular weight excluding hydrogens is 307 g/mol. The Hall–Kier alpha value is -2.21. The molecule has 3 rings (SSSR count). The van der Waals surface area contributed by atoms with Crippen LogP contribution in [-0.2, 0) is 0 Å². The number of rotatable bonds is 3. The van der Waals surface area contributed by atoms with E-state index in [-0.39, 0.29) is 5.91 Å². The summed E-state index contributed by atoms with van der Waals surface area (Å²) in [5.41, 5.74) is 2.44. The van der Waals surface area contributed by atoms with Gasteiger partial charge in [0.1, 0.15) is 11.5 Å². The second-order valence-electron chi connectivity index (χ2n) is 6.38. The molecule has 1 atom stereocenters. The van der Waals surface area contributed by atoms with Gasteiger partial charge in [0.2, 0.25) is 0 Å². The number of aryl methyl sites for hydroxylation is 2. The van der Waals surface area contributed by atoms with E-state index in [0.29, 0.717) is 23.8 Å². The highest BCUT2D eigenvalue weighted by atomic mass is 19.1. The Bertz CT molecular complexity index is 755. The van der Waals surface area contributed by atoms with E-state index < -0.39 is 5.82 Å². The Morgan fingerprint density at radius 1 is 1.33 bits per heavy atom. The highest BCUT2D eigenvalue weighted by molar-refractivity contribution is 5.94. The molecule has 0 spiro atoms. The average molecular weight is 330 g/mol. The minimum Gasteiger partial charge on any atom is -0.337 e. The number of hydrogen-bond acceptors (Lipinski definition) is 3. The molecule has 5 nitrogen and oxygen atoms in total. The lowest BCUT2D eigenvalue weighted by atomic mass is 10.0. The van der Waals surface area contributed by atoms with Crippen LogP contribution in [0.4, 0.5) is 4.39 Å². The molecule has 24 heavy (non-hydrogen) atoms. The fourth-order valence-electron chi connectivity index (χ4n) is 3.26. The highest BCUT2D eigenvalue weighted by Crippen LogP contribution is 2.20. The normalized spacial score (nSPS) is 18.0. The van der Waals surface area contributed by atoms with Gasteiger partial charge in [0.25, 0.3) is 5.91 Å². The van der Waals surface area contributed by atoms with Crippen molar-refractivity contribution in [2.24, 2.45) is 0 Å². The number of likely N-dealkylation sites (tertiary alicyclic amines) is 1. The van der Waals surface area contributed by atoms with Gasteiger partial charge in [-0.2, -0.15) is 5.10 Å². The fourth-order valence-corrected chi connectivity index (χ4v) is 3.26. The van der Waals surface area contributed by atoms with Crippen LogP contribution in [0, 0.1) is 19.7 Å². The van der Waals surface area contributed by atoms with Gasteiger partial charge in [-0.05, 0) is 58.0 Å². The van der Waals surface area contributed by atoms with Gasteiger partial charge in [-0.3, -0.25) is 4.79 Å². The number of piperidine rings is 1. The molecule has 0 unspecified atom stereocenters. The van der Waals surface area contributed by atoms with Crippen molar-refractivity contribution in [1.82, 2.24) is 20.0 Å². The van der Waals surface area contributed by atoms with Crippen molar-refractivity contribution in [3.8, 4) is 5.69 Å². The minimum absolute atomic E-state index is 0.117. The molecule has 1 amide bonds. The molecule has 2 heterocycles.